The molecule has 8 nitrogen and oxygen atoms in total. The van der Waals surface area contributed by atoms with E-state index >= 15 is 0 Å². The van der Waals surface area contributed by atoms with Crippen molar-refractivity contribution in [2.45, 2.75) is 19.0 Å². The molecule has 2 heterocycles. The van der Waals surface area contributed by atoms with E-state index in [1.54, 1.807) is 23.5 Å². The van der Waals surface area contributed by atoms with E-state index < -0.39 is 12.0 Å². The molecule has 0 fully saturated rings. The fourth-order valence-corrected chi connectivity index (χ4v) is 1.77. The van der Waals surface area contributed by atoms with Crippen LogP contribution in [0.1, 0.15) is 11.3 Å². The molecular formula is C13H18N6O2. The van der Waals surface area contributed by atoms with Crippen molar-refractivity contribution in [3.05, 3.63) is 36.2 Å². The molecule has 2 rings (SSSR count). The van der Waals surface area contributed by atoms with Gasteiger partial charge in [-0.25, -0.2) is 15.0 Å². The van der Waals surface area contributed by atoms with Gasteiger partial charge >= 0.3 is 5.97 Å². The number of nitrogens with one attached hydrogen (secondary N) is 2. The number of carboxylic acids is 1. The van der Waals surface area contributed by atoms with Gasteiger partial charge in [0.1, 0.15) is 6.04 Å². The molecule has 112 valence electrons. The quantitative estimate of drug-likeness (QED) is 0.661. The number of rotatable bonds is 7. The number of carbonyl (C=O) groups is 1. The summed E-state index contributed by atoms with van der Waals surface area (Å²) in [4.78, 5) is 28.2. The molecule has 0 radical (unpaired) electrons. The monoisotopic (exact) mass is 290 g/mol. The Balaban J connectivity index is 1.93. The third-order valence-corrected chi connectivity index (χ3v) is 2.92. The molecule has 2 aromatic rings. The van der Waals surface area contributed by atoms with E-state index in [-0.39, 0.29) is 0 Å². The first-order valence-electron chi connectivity index (χ1n) is 6.48. The summed E-state index contributed by atoms with van der Waals surface area (Å²) in [6.07, 6.45) is 6.86. The second kappa shape index (κ2) is 6.80. The Morgan fingerprint density at radius 2 is 2.10 bits per heavy atom. The fraction of sp³-hybridized carbons (Fsp3) is 0.385. The summed E-state index contributed by atoms with van der Waals surface area (Å²) >= 11 is 0. The first kappa shape index (κ1) is 14.9. The highest BCUT2D eigenvalue weighted by atomic mass is 16.4. The highest BCUT2D eigenvalue weighted by molar-refractivity contribution is 5.73. The minimum Gasteiger partial charge on any atom is -0.480 e. The average Bonchev–Trinajstić information content (AvgIpc) is 2.96. The first-order chi connectivity index (χ1) is 10.1. The molecule has 0 amide bonds. The summed E-state index contributed by atoms with van der Waals surface area (Å²) in [5.74, 6) is -0.290. The van der Waals surface area contributed by atoms with Crippen molar-refractivity contribution in [1.29, 1.82) is 0 Å². The molecular weight excluding hydrogens is 272 g/mol. The van der Waals surface area contributed by atoms with Crippen molar-refractivity contribution in [2.24, 2.45) is 0 Å². The van der Waals surface area contributed by atoms with Crippen LogP contribution in [0, 0.1) is 0 Å². The van der Waals surface area contributed by atoms with Crippen molar-refractivity contribution in [3.63, 3.8) is 0 Å². The fourth-order valence-electron chi connectivity index (χ4n) is 1.77. The van der Waals surface area contributed by atoms with E-state index in [2.05, 4.69) is 25.3 Å². The van der Waals surface area contributed by atoms with Crippen LogP contribution in [0.5, 0.6) is 0 Å². The van der Waals surface area contributed by atoms with Crippen LogP contribution in [0.25, 0.3) is 0 Å². The lowest BCUT2D eigenvalue weighted by atomic mass is 10.1. The van der Waals surface area contributed by atoms with Crippen molar-refractivity contribution >= 4 is 11.9 Å². The second-order valence-corrected chi connectivity index (χ2v) is 4.84. The number of anilines is 1. The number of hydrogen-bond acceptors (Lipinski definition) is 6. The number of imidazole rings is 1. The van der Waals surface area contributed by atoms with Gasteiger partial charge in [-0.3, -0.25) is 10.1 Å². The van der Waals surface area contributed by atoms with Crippen LogP contribution in [0.3, 0.4) is 0 Å². The minimum atomic E-state index is -0.907. The van der Waals surface area contributed by atoms with Crippen molar-refractivity contribution in [2.75, 3.05) is 19.0 Å². The zero-order chi connectivity index (χ0) is 15.2. The standard InChI is InChI=1S/C13H18N6O2/c1-19(2)13-16-5-9(6-17-13)4-15-11(12(20)21)3-10-7-14-8-18-10/h5-8,11,15H,3-4H2,1-2H3,(H,14,18)(H,20,21). The predicted octanol–water partition coefficient (Wildman–Crippen LogP) is 0.0512. The van der Waals surface area contributed by atoms with E-state index in [1.165, 1.54) is 6.33 Å². The molecule has 0 bridgehead atoms. The summed E-state index contributed by atoms with van der Waals surface area (Å²) in [7, 11) is 3.72. The van der Waals surface area contributed by atoms with Gasteiger partial charge in [0.2, 0.25) is 5.95 Å². The average molecular weight is 290 g/mol. The number of nitrogens with zero attached hydrogens (tertiary/aromatic N) is 4. The second-order valence-electron chi connectivity index (χ2n) is 4.84. The minimum absolute atomic E-state index is 0.339. The largest absolute Gasteiger partial charge is 0.480 e. The summed E-state index contributed by atoms with van der Waals surface area (Å²) < 4.78 is 0. The van der Waals surface area contributed by atoms with Crippen LogP contribution < -0.4 is 10.2 Å². The molecule has 2 aromatic heterocycles. The van der Waals surface area contributed by atoms with Crippen LogP contribution in [0.15, 0.2) is 24.9 Å². The van der Waals surface area contributed by atoms with Gasteiger partial charge < -0.3 is 15.0 Å². The molecule has 0 aliphatic heterocycles. The normalized spacial score (nSPS) is 12.1. The Labute approximate surface area is 122 Å². The highest BCUT2D eigenvalue weighted by Gasteiger charge is 2.18. The molecule has 0 spiro atoms. The number of aromatic nitrogens is 4. The Kier molecular flexibility index (Phi) is 4.83. The van der Waals surface area contributed by atoms with Crippen LogP contribution in [0.2, 0.25) is 0 Å². The van der Waals surface area contributed by atoms with Crippen LogP contribution in [0.4, 0.5) is 5.95 Å². The Morgan fingerprint density at radius 1 is 1.38 bits per heavy atom. The molecule has 0 saturated heterocycles. The molecule has 0 aliphatic rings. The molecule has 3 N–H and O–H groups in total. The van der Waals surface area contributed by atoms with Gasteiger partial charge in [-0.2, -0.15) is 0 Å². The van der Waals surface area contributed by atoms with Crippen molar-refractivity contribution < 1.29 is 9.90 Å². The maximum Gasteiger partial charge on any atom is 0.321 e. The summed E-state index contributed by atoms with van der Waals surface area (Å²) in [5.41, 5.74) is 1.60. The van der Waals surface area contributed by atoms with E-state index in [0.717, 1.165) is 11.3 Å². The van der Waals surface area contributed by atoms with Gasteiger partial charge in [-0.15, -0.1) is 0 Å². The number of H-pyrrole nitrogens is 1. The number of carboxylic acid groups (broad SMARTS) is 1. The van der Waals surface area contributed by atoms with Gasteiger partial charge in [-0.1, -0.05) is 0 Å². The van der Waals surface area contributed by atoms with E-state index in [4.69, 9.17) is 0 Å². The third-order valence-electron chi connectivity index (χ3n) is 2.92. The highest BCUT2D eigenvalue weighted by Crippen LogP contribution is 2.04. The number of aromatic amines is 1. The maximum atomic E-state index is 11.3. The maximum absolute atomic E-state index is 11.3. The Hall–Kier alpha value is -2.48. The molecule has 1 atom stereocenters. The molecule has 0 aliphatic carbocycles. The summed E-state index contributed by atoms with van der Waals surface area (Å²) in [6.45, 7) is 0.388. The summed E-state index contributed by atoms with van der Waals surface area (Å²) in [6, 6.07) is -0.695. The van der Waals surface area contributed by atoms with Crippen LogP contribution in [-0.4, -0.2) is 51.1 Å². The first-order valence-corrected chi connectivity index (χ1v) is 6.48. The lowest BCUT2D eigenvalue weighted by Crippen LogP contribution is -2.38. The van der Waals surface area contributed by atoms with Gasteiger partial charge in [0, 0.05) is 56.9 Å². The number of aliphatic carboxylic acids is 1. The van der Waals surface area contributed by atoms with Gasteiger partial charge in [0.25, 0.3) is 0 Å². The lowest BCUT2D eigenvalue weighted by Gasteiger charge is -2.14. The molecule has 8 heteroatoms. The van der Waals surface area contributed by atoms with Crippen LogP contribution >= 0.6 is 0 Å². The van der Waals surface area contributed by atoms with Gasteiger partial charge in [0.05, 0.1) is 6.33 Å². The van der Waals surface area contributed by atoms with Gasteiger partial charge in [0.15, 0.2) is 0 Å². The zero-order valence-electron chi connectivity index (χ0n) is 11.9. The summed E-state index contributed by atoms with van der Waals surface area (Å²) in [5, 5.41) is 12.2. The topological polar surface area (TPSA) is 107 Å². The third kappa shape index (κ3) is 4.25. The molecule has 0 aromatic carbocycles. The molecule has 21 heavy (non-hydrogen) atoms. The molecule has 0 saturated carbocycles. The number of hydrogen-bond donors (Lipinski definition) is 3. The Bertz CT molecular complexity index is 567. The predicted molar refractivity (Wildman–Crippen MR) is 76.9 cm³/mol. The van der Waals surface area contributed by atoms with E-state index in [1.807, 2.05) is 14.1 Å². The van der Waals surface area contributed by atoms with Crippen molar-refractivity contribution in [3.8, 4) is 0 Å². The lowest BCUT2D eigenvalue weighted by molar-refractivity contribution is -0.139. The van der Waals surface area contributed by atoms with E-state index in [9.17, 15) is 9.90 Å². The Morgan fingerprint density at radius 3 is 2.62 bits per heavy atom. The molecule has 1 unspecified atom stereocenters. The van der Waals surface area contributed by atoms with E-state index in [0.29, 0.717) is 18.9 Å². The van der Waals surface area contributed by atoms with Gasteiger partial charge in [-0.05, 0) is 0 Å². The SMILES string of the molecule is CN(C)c1ncc(CNC(Cc2cnc[nH]2)C(=O)O)cn1. The zero-order valence-corrected chi connectivity index (χ0v) is 11.9. The van der Waals surface area contributed by atoms with Crippen LogP contribution in [-0.2, 0) is 17.8 Å². The van der Waals surface area contributed by atoms with Crippen molar-refractivity contribution in [1.82, 2.24) is 25.3 Å². The smallest absolute Gasteiger partial charge is 0.321 e.